The minimum atomic E-state index is -4.44. The summed E-state index contributed by atoms with van der Waals surface area (Å²) in [6, 6.07) is 15.5. The Morgan fingerprint density at radius 3 is 2.42 bits per heavy atom. The molecule has 0 saturated heterocycles. The van der Waals surface area contributed by atoms with E-state index in [0.717, 1.165) is 28.6 Å². The molecule has 4 rings (SSSR count). The van der Waals surface area contributed by atoms with Crippen molar-refractivity contribution in [1.29, 1.82) is 0 Å². The Labute approximate surface area is 206 Å². The largest absolute Gasteiger partial charge is 0.496 e. The molecule has 0 atom stereocenters. The molecule has 8 heteroatoms. The van der Waals surface area contributed by atoms with Gasteiger partial charge in [0.15, 0.2) is 0 Å². The minimum absolute atomic E-state index is 0.255. The number of hydrogen-bond donors (Lipinski definition) is 1. The smallest absolute Gasteiger partial charge is 0.416 e. The van der Waals surface area contributed by atoms with Gasteiger partial charge in [-0.3, -0.25) is 4.79 Å². The van der Waals surface area contributed by atoms with Crippen LogP contribution in [0.4, 0.5) is 18.9 Å². The molecule has 1 heterocycles. The number of methoxy groups -OCH3 is 1. The summed E-state index contributed by atoms with van der Waals surface area (Å²) in [5.41, 5.74) is 3.06. The average Bonchev–Trinajstić information content (AvgIpc) is 3.26. The summed E-state index contributed by atoms with van der Waals surface area (Å²) in [7, 11) is 1.60. The number of halogens is 3. The summed E-state index contributed by atoms with van der Waals surface area (Å²) >= 11 is 0. The Kier molecular flexibility index (Phi) is 7.05. The number of carbonyl (C=O) groups is 1. The van der Waals surface area contributed by atoms with Gasteiger partial charge >= 0.3 is 6.18 Å². The number of ether oxygens (including phenoxy) is 2. The minimum Gasteiger partial charge on any atom is -0.496 e. The standard InChI is InChI=1S/C28H24F3NO4/c1-4-35-25-15-26-22(23(16-36-26)20-7-5-6-8-24(20)34-3)14-21(25)17(2)13-27(33)32-19-11-9-18(10-12-19)28(29,30)31/h5-16H,4H2,1-3H3,(H,32,33)/b17-13+. The first-order chi connectivity index (χ1) is 17.2. The maximum Gasteiger partial charge on any atom is 0.416 e. The molecule has 36 heavy (non-hydrogen) atoms. The molecule has 5 nitrogen and oxygen atoms in total. The molecular weight excluding hydrogens is 471 g/mol. The van der Waals surface area contributed by atoms with E-state index in [4.69, 9.17) is 13.9 Å². The van der Waals surface area contributed by atoms with E-state index < -0.39 is 17.6 Å². The van der Waals surface area contributed by atoms with Gasteiger partial charge in [0.1, 0.15) is 17.1 Å². The van der Waals surface area contributed by atoms with Crippen molar-refractivity contribution < 1.29 is 31.9 Å². The number of benzene rings is 3. The van der Waals surface area contributed by atoms with Crippen LogP contribution in [0, 0.1) is 0 Å². The summed E-state index contributed by atoms with van der Waals surface area (Å²) in [6.45, 7) is 4.02. The van der Waals surface area contributed by atoms with E-state index in [9.17, 15) is 18.0 Å². The second-order valence-electron chi connectivity index (χ2n) is 8.02. The van der Waals surface area contributed by atoms with Gasteiger partial charge < -0.3 is 19.2 Å². The maximum atomic E-state index is 12.8. The van der Waals surface area contributed by atoms with E-state index >= 15 is 0 Å². The number of para-hydroxylation sites is 1. The third-order valence-corrected chi connectivity index (χ3v) is 5.62. The zero-order valence-corrected chi connectivity index (χ0v) is 19.9. The fourth-order valence-corrected chi connectivity index (χ4v) is 3.91. The van der Waals surface area contributed by atoms with Crippen molar-refractivity contribution in [2.45, 2.75) is 20.0 Å². The molecule has 0 aliphatic rings. The van der Waals surface area contributed by atoms with Crippen LogP contribution in [0.5, 0.6) is 11.5 Å². The first kappa shape index (κ1) is 24.9. The fourth-order valence-electron chi connectivity index (χ4n) is 3.91. The zero-order valence-electron chi connectivity index (χ0n) is 19.9. The molecule has 186 valence electrons. The van der Waals surface area contributed by atoms with Crippen molar-refractivity contribution in [3.8, 4) is 22.6 Å². The van der Waals surface area contributed by atoms with E-state index in [2.05, 4.69) is 5.32 Å². The van der Waals surface area contributed by atoms with Gasteiger partial charge in [0.05, 0.1) is 25.5 Å². The Morgan fingerprint density at radius 2 is 1.75 bits per heavy atom. The van der Waals surface area contributed by atoms with Gasteiger partial charge in [0.25, 0.3) is 0 Å². The molecule has 0 fully saturated rings. The second-order valence-corrected chi connectivity index (χ2v) is 8.02. The Morgan fingerprint density at radius 1 is 1.03 bits per heavy atom. The monoisotopic (exact) mass is 495 g/mol. The lowest BCUT2D eigenvalue weighted by Crippen LogP contribution is -2.10. The first-order valence-corrected chi connectivity index (χ1v) is 11.2. The molecule has 0 saturated carbocycles. The highest BCUT2D eigenvalue weighted by atomic mass is 19.4. The number of anilines is 1. The topological polar surface area (TPSA) is 60.7 Å². The Bertz CT molecular complexity index is 1420. The van der Waals surface area contributed by atoms with Crippen LogP contribution in [0.25, 0.3) is 27.7 Å². The molecule has 1 aromatic heterocycles. The lowest BCUT2D eigenvalue weighted by molar-refractivity contribution is -0.137. The Hall–Kier alpha value is -4.20. The van der Waals surface area contributed by atoms with E-state index in [1.54, 1.807) is 26.4 Å². The van der Waals surface area contributed by atoms with E-state index in [1.165, 1.54) is 18.2 Å². The first-order valence-electron chi connectivity index (χ1n) is 11.2. The van der Waals surface area contributed by atoms with E-state index in [-0.39, 0.29) is 5.69 Å². The summed E-state index contributed by atoms with van der Waals surface area (Å²) in [5.74, 6) is 0.757. The maximum absolute atomic E-state index is 12.8. The number of fused-ring (bicyclic) bond motifs is 1. The highest BCUT2D eigenvalue weighted by Crippen LogP contribution is 2.40. The molecular formula is C28H24F3NO4. The van der Waals surface area contributed by atoms with Crippen molar-refractivity contribution in [1.82, 2.24) is 0 Å². The number of hydrogen-bond acceptors (Lipinski definition) is 4. The van der Waals surface area contributed by atoms with Gasteiger partial charge in [0.2, 0.25) is 5.91 Å². The third kappa shape index (κ3) is 5.22. The van der Waals surface area contributed by atoms with Gasteiger partial charge in [-0.2, -0.15) is 13.2 Å². The van der Waals surface area contributed by atoms with Crippen LogP contribution in [0.15, 0.2) is 77.4 Å². The van der Waals surface area contributed by atoms with Crippen molar-refractivity contribution in [3.63, 3.8) is 0 Å². The number of amides is 1. The van der Waals surface area contributed by atoms with Crippen molar-refractivity contribution in [2.75, 3.05) is 19.0 Å². The zero-order chi connectivity index (χ0) is 25.9. The summed E-state index contributed by atoms with van der Waals surface area (Å²) in [5, 5.41) is 3.41. The number of nitrogens with one attached hydrogen (secondary N) is 1. The van der Waals surface area contributed by atoms with Gasteiger partial charge in [-0.25, -0.2) is 0 Å². The summed E-state index contributed by atoms with van der Waals surface area (Å²) < 4.78 is 55.5. The van der Waals surface area contributed by atoms with E-state index in [1.807, 2.05) is 37.3 Å². The van der Waals surface area contributed by atoms with Crippen LogP contribution in [0.1, 0.15) is 25.0 Å². The van der Waals surface area contributed by atoms with Crippen LogP contribution >= 0.6 is 0 Å². The molecule has 0 spiro atoms. The molecule has 3 aromatic carbocycles. The molecule has 1 amide bonds. The van der Waals surface area contributed by atoms with Gasteiger partial charge in [-0.05, 0) is 55.8 Å². The van der Waals surface area contributed by atoms with Crippen LogP contribution in [-0.2, 0) is 11.0 Å². The fraction of sp³-hybridized carbons (Fsp3) is 0.179. The molecule has 0 aliphatic heterocycles. The van der Waals surface area contributed by atoms with Crippen molar-refractivity contribution >= 4 is 28.1 Å². The molecule has 1 N–H and O–H groups in total. The lowest BCUT2D eigenvalue weighted by atomic mass is 9.98. The van der Waals surface area contributed by atoms with E-state index in [0.29, 0.717) is 34.8 Å². The molecule has 0 aliphatic carbocycles. The lowest BCUT2D eigenvalue weighted by Gasteiger charge is -2.12. The normalized spacial score (nSPS) is 12.0. The molecule has 4 aromatic rings. The average molecular weight is 495 g/mol. The highest BCUT2D eigenvalue weighted by molar-refractivity contribution is 6.05. The Balaban J connectivity index is 1.68. The predicted octanol–water partition coefficient (Wildman–Crippen LogP) is 7.57. The molecule has 0 radical (unpaired) electrons. The molecule has 0 bridgehead atoms. The number of alkyl halides is 3. The van der Waals surface area contributed by atoms with Crippen LogP contribution < -0.4 is 14.8 Å². The van der Waals surface area contributed by atoms with Crippen LogP contribution in [0.2, 0.25) is 0 Å². The number of allylic oxidation sites excluding steroid dienone is 1. The highest BCUT2D eigenvalue weighted by Gasteiger charge is 2.30. The van der Waals surface area contributed by atoms with Gasteiger partial charge in [-0.15, -0.1) is 0 Å². The molecule has 0 unspecified atom stereocenters. The summed E-state index contributed by atoms with van der Waals surface area (Å²) in [6.07, 6.45) is -1.41. The number of furan rings is 1. The van der Waals surface area contributed by atoms with Gasteiger partial charge in [0, 0.05) is 39.9 Å². The van der Waals surface area contributed by atoms with Crippen LogP contribution in [0.3, 0.4) is 0 Å². The SMILES string of the molecule is CCOc1cc2occ(-c3ccccc3OC)c2cc1/C(C)=C/C(=O)Nc1ccc(C(F)(F)F)cc1. The predicted molar refractivity (Wildman–Crippen MR) is 133 cm³/mol. The van der Waals surface area contributed by atoms with Crippen molar-refractivity contribution in [3.05, 3.63) is 84.1 Å². The third-order valence-electron chi connectivity index (χ3n) is 5.62. The number of carbonyl (C=O) groups excluding carboxylic acids is 1. The van der Waals surface area contributed by atoms with Crippen molar-refractivity contribution in [2.24, 2.45) is 0 Å². The quantitative estimate of drug-likeness (QED) is 0.269. The van der Waals surface area contributed by atoms with Gasteiger partial charge in [-0.1, -0.05) is 18.2 Å². The van der Waals surface area contributed by atoms with Crippen LogP contribution in [-0.4, -0.2) is 19.6 Å². The summed E-state index contributed by atoms with van der Waals surface area (Å²) in [4.78, 5) is 12.6. The second kappa shape index (κ2) is 10.2. The number of rotatable bonds is 7.